The normalized spacial score (nSPS) is 18.7. The molecule has 1 fully saturated rings. The van der Waals surface area contributed by atoms with Gasteiger partial charge in [0.2, 0.25) is 0 Å². The predicted molar refractivity (Wildman–Crippen MR) is 72.1 cm³/mol. The number of hydrogen-bond donors (Lipinski definition) is 1. The lowest BCUT2D eigenvalue weighted by molar-refractivity contribution is 0.233. The van der Waals surface area contributed by atoms with E-state index in [2.05, 4.69) is 47.1 Å². The molecule has 0 aromatic carbocycles. The van der Waals surface area contributed by atoms with Crippen molar-refractivity contribution < 1.29 is 0 Å². The molecule has 0 atom stereocenters. The Morgan fingerprint density at radius 2 is 2.12 bits per heavy atom. The summed E-state index contributed by atoms with van der Waals surface area (Å²) in [4.78, 5) is 2.41. The molecule has 1 aromatic heterocycles. The number of rotatable bonds is 5. The van der Waals surface area contributed by atoms with E-state index < -0.39 is 0 Å². The smallest absolute Gasteiger partial charge is 0.0361 e. The molecule has 1 N–H and O–H groups in total. The van der Waals surface area contributed by atoms with Crippen LogP contribution < -0.4 is 5.32 Å². The molecule has 1 aromatic rings. The number of hydrogen-bond acceptors (Lipinski definition) is 2. The van der Waals surface area contributed by atoms with Crippen molar-refractivity contribution in [3.8, 4) is 0 Å². The van der Waals surface area contributed by atoms with Gasteiger partial charge in [0.1, 0.15) is 0 Å². The first-order valence-corrected chi connectivity index (χ1v) is 6.85. The van der Waals surface area contributed by atoms with Crippen LogP contribution in [0.3, 0.4) is 0 Å². The van der Waals surface area contributed by atoms with Crippen molar-refractivity contribution in [1.29, 1.82) is 0 Å². The van der Waals surface area contributed by atoms with Crippen LogP contribution in [0.2, 0.25) is 0 Å². The maximum Gasteiger partial charge on any atom is 0.0361 e. The summed E-state index contributed by atoms with van der Waals surface area (Å²) >= 11 is 0. The van der Waals surface area contributed by atoms with Gasteiger partial charge in [0.25, 0.3) is 0 Å². The summed E-state index contributed by atoms with van der Waals surface area (Å²) in [5, 5.41) is 3.70. The molecule has 2 rings (SSSR count). The topological polar surface area (TPSA) is 20.2 Å². The second-order valence-electron chi connectivity index (χ2n) is 5.15. The number of nitrogens with one attached hydrogen (secondary N) is 1. The summed E-state index contributed by atoms with van der Waals surface area (Å²) in [7, 11) is 2.21. The Kier molecular flexibility index (Phi) is 4.63. The fourth-order valence-corrected chi connectivity index (χ4v) is 2.53. The molecule has 3 heteroatoms. The quantitative estimate of drug-likeness (QED) is 0.843. The lowest BCUT2D eigenvalue weighted by Crippen LogP contribution is -2.40. The lowest BCUT2D eigenvalue weighted by Gasteiger charge is -2.29. The van der Waals surface area contributed by atoms with Crippen LogP contribution in [0, 0.1) is 0 Å². The van der Waals surface area contributed by atoms with Crippen LogP contribution in [0.1, 0.15) is 31.9 Å². The minimum Gasteiger partial charge on any atom is -0.350 e. The maximum atomic E-state index is 3.70. The zero-order valence-electron chi connectivity index (χ0n) is 11.2. The summed E-state index contributed by atoms with van der Waals surface area (Å²) in [5.41, 5.74) is 1.42. The highest BCUT2D eigenvalue weighted by atomic mass is 15.1. The van der Waals surface area contributed by atoms with Crippen molar-refractivity contribution in [1.82, 2.24) is 14.8 Å². The minimum absolute atomic E-state index is 0.705. The van der Waals surface area contributed by atoms with Gasteiger partial charge in [-0.15, -0.1) is 0 Å². The third kappa shape index (κ3) is 3.58. The number of aryl methyl sites for hydroxylation is 1. The van der Waals surface area contributed by atoms with Gasteiger partial charge in [0.05, 0.1) is 0 Å². The third-order valence-corrected chi connectivity index (χ3v) is 3.68. The second kappa shape index (κ2) is 6.22. The van der Waals surface area contributed by atoms with Gasteiger partial charge in [-0.3, -0.25) is 0 Å². The highest BCUT2D eigenvalue weighted by Gasteiger charge is 2.16. The van der Waals surface area contributed by atoms with Crippen molar-refractivity contribution >= 4 is 0 Å². The Morgan fingerprint density at radius 1 is 1.35 bits per heavy atom. The van der Waals surface area contributed by atoms with E-state index in [0.29, 0.717) is 6.04 Å². The van der Waals surface area contributed by atoms with Gasteiger partial charge in [0.15, 0.2) is 0 Å². The molecule has 1 aliphatic heterocycles. The van der Waals surface area contributed by atoms with Gasteiger partial charge in [0, 0.05) is 31.0 Å². The van der Waals surface area contributed by atoms with Crippen molar-refractivity contribution in [2.45, 2.75) is 45.3 Å². The number of likely N-dealkylation sites (tertiary alicyclic amines) is 1. The first-order chi connectivity index (χ1) is 8.29. The summed E-state index contributed by atoms with van der Waals surface area (Å²) in [6.07, 6.45) is 5.96. The molecule has 0 amide bonds. The molecule has 0 spiro atoms. The van der Waals surface area contributed by atoms with Gasteiger partial charge in [-0.2, -0.15) is 0 Å². The average Bonchev–Trinajstić information content (AvgIpc) is 2.77. The van der Waals surface area contributed by atoms with Crippen molar-refractivity contribution in [2.24, 2.45) is 0 Å². The van der Waals surface area contributed by atoms with E-state index >= 15 is 0 Å². The van der Waals surface area contributed by atoms with Gasteiger partial charge < -0.3 is 14.8 Å². The molecule has 0 radical (unpaired) electrons. The first-order valence-electron chi connectivity index (χ1n) is 6.85. The van der Waals surface area contributed by atoms with Crippen LogP contribution in [-0.2, 0) is 13.1 Å². The van der Waals surface area contributed by atoms with Crippen LogP contribution in [-0.4, -0.2) is 35.6 Å². The Bertz CT molecular complexity index is 324. The zero-order chi connectivity index (χ0) is 12.1. The molecular weight excluding hydrogens is 210 g/mol. The monoisotopic (exact) mass is 235 g/mol. The molecule has 17 heavy (non-hydrogen) atoms. The highest BCUT2D eigenvalue weighted by Crippen LogP contribution is 2.10. The number of piperidine rings is 1. The van der Waals surface area contributed by atoms with Crippen LogP contribution in [0.4, 0.5) is 0 Å². The molecule has 2 heterocycles. The van der Waals surface area contributed by atoms with Crippen molar-refractivity contribution in [3.05, 3.63) is 24.0 Å². The van der Waals surface area contributed by atoms with Gasteiger partial charge >= 0.3 is 0 Å². The number of nitrogens with zero attached hydrogens (tertiary/aromatic N) is 2. The standard InChI is InChI=1S/C14H25N3/c1-3-8-17-9-4-5-14(17)12-15-13-6-10-16(2)11-7-13/h4-5,9,13,15H,3,6-8,10-12H2,1-2H3. The SMILES string of the molecule is CCCn1cccc1CNC1CCN(C)CC1. The summed E-state index contributed by atoms with van der Waals surface area (Å²) in [6.45, 7) is 6.84. The molecule has 0 aliphatic carbocycles. The zero-order valence-corrected chi connectivity index (χ0v) is 11.2. The Hall–Kier alpha value is -0.800. The van der Waals surface area contributed by atoms with Crippen molar-refractivity contribution in [2.75, 3.05) is 20.1 Å². The van der Waals surface area contributed by atoms with E-state index in [1.54, 1.807) is 0 Å². The molecule has 3 nitrogen and oxygen atoms in total. The lowest BCUT2D eigenvalue weighted by atomic mass is 10.1. The van der Waals surface area contributed by atoms with E-state index in [0.717, 1.165) is 13.1 Å². The molecule has 1 aliphatic rings. The predicted octanol–water partition coefficient (Wildman–Crippen LogP) is 2.08. The van der Waals surface area contributed by atoms with E-state index in [1.165, 1.54) is 38.0 Å². The van der Waals surface area contributed by atoms with Crippen LogP contribution in [0.5, 0.6) is 0 Å². The van der Waals surface area contributed by atoms with E-state index in [9.17, 15) is 0 Å². The minimum atomic E-state index is 0.705. The molecule has 1 saturated heterocycles. The van der Waals surface area contributed by atoms with E-state index in [-0.39, 0.29) is 0 Å². The van der Waals surface area contributed by atoms with Gasteiger partial charge in [-0.25, -0.2) is 0 Å². The Balaban J connectivity index is 1.79. The fraction of sp³-hybridized carbons (Fsp3) is 0.714. The largest absolute Gasteiger partial charge is 0.350 e. The summed E-state index contributed by atoms with van der Waals surface area (Å²) in [6, 6.07) is 5.09. The third-order valence-electron chi connectivity index (χ3n) is 3.68. The molecule has 0 bridgehead atoms. The molecule has 0 saturated carbocycles. The van der Waals surface area contributed by atoms with Crippen LogP contribution >= 0.6 is 0 Å². The molecule has 96 valence electrons. The van der Waals surface area contributed by atoms with Crippen LogP contribution in [0.15, 0.2) is 18.3 Å². The Labute approximate surface area is 105 Å². The van der Waals surface area contributed by atoms with Crippen molar-refractivity contribution in [3.63, 3.8) is 0 Å². The number of aromatic nitrogens is 1. The van der Waals surface area contributed by atoms with E-state index in [1.807, 2.05) is 0 Å². The summed E-state index contributed by atoms with van der Waals surface area (Å²) < 4.78 is 2.36. The van der Waals surface area contributed by atoms with Gasteiger partial charge in [-0.1, -0.05) is 6.92 Å². The molecule has 0 unspecified atom stereocenters. The summed E-state index contributed by atoms with van der Waals surface area (Å²) in [5.74, 6) is 0. The average molecular weight is 235 g/mol. The highest BCUT2D eigenvalue weighted by molar-refractivity contribution is 5.07. The molecular formula is C14H25N3. The second-order valence-corrected chi connectivity index (χ2v) is 5.15. The Morgan fingerprint density at radius 3 is 2.82 bits per heavy atom. The van der Waals surface area contributed by atoms with Gasteiger partial charge in [-0.05, 0) is 51.5 Å². The fourth-order valence-electron chi connectivity index (χ4n) is 2.53. The first kappa shape index (κ1) is 12.7. The maximum absolute atomic E-state index is 3.70. The van der Waals surface area contributed by atoms with Crippen LogP contribution in [0.25, 0.3) is 0 Å². The van der Waals surface area contributed by atoms with E-state index in [4.69, 9.17) is 0 Å².